The molecule has 0 amide bonds. The maximum atomic E-state index is 9.54. The first-order valence-corrected chi connectivity index (χ1v) is 5.62. The predicted molar refractivity (Wildman–Crippen MR) is 59.3 cm³/mol. The van der Waals surface area contributed by atoms with E-state index in [1.165, 1.54) is 6.39 Å². The van der Waals surface area contributed by atoms with E-state index in [2.05, 4.69) is 20.0 Å². The average molecular weight is 245 g/mol. The molecule has 0 saturated heterocycles. The van der Waals surface area contributed by atoms with E-state index in [9.17, 15) is 5.11 Å². The standard InChI is InChI=1S/C10H19N3O4/c1-2-15-3-4-16-7-9(14)5-11-6-10-12-8-17-13-10/h8-9,11,14H,2-7H2,1H3. The molecule has 1 heterocycles. The summed E-state index contributed by atoms with van der Waals surface area (Å²) in [6.45, 7) is 4.83. The Bertz CT molecular complexity index is 269. The average Bonchev–Trinajstić information content (AvgIpc) is 2.82. The molecule has 98 valence electrons. The molecule has 0 radical (unpaired) electrons. The van der Waals surface area contributed by atoms with Gasteiger partial charge in [-0.2, -0.15) is 4.98 Å². The molecule has 0 fully saturated rings. The first kappa shape index (κ1) is 14.0. The molecule has 0 saturated carbocycles. The van der Waals surface area contributed by atoms with Gasteiger partial charge in [-0.1, -0.05) is 5.16 Å². The molecule has 17 heavy (non-hydrogen) atoms. The number of hydrogen-bond donors (Lipinski definition) is 2. The summed E-state index contributed by atoms with van der Waals surface area (Å²) in [6, 6.07) is 0. The van der Waals surface area contributed by atoms with E-state index in [1.807, 2.05) is 6.92 Å². The Labute approximate surface area is 100 Å². The summed E-state index contributed by atoms with van der Waals surface area (Å²) in [5, 5.41) is 16.2. The molecule has 1 aromatic heterocycles. The molecule has 0 aromatic carbocycles. The number of nitrogens with one attached hydrogen (secondary N) is 1. The number of aliphatic hydroxyl groups excluding tert-OH is 1. The molecule has 0 aliphatic carbocycles. The van der Waals surface area contributed by atoms with Gasteiger partial charge in [-0.25, -0.2) is 0 Å². The lowest BCUT2D eigenvalue weighted by molar-refractivity contribution is 0.00637. The highest BCUT2D eigenvalue weighted by molar-refractivity contribution is 4.76. The first-order chi connectivity index (χ1) is 8.33. The Morgan fingerprint density at radius 2 is 2.29 bits per heavy atom. The van der Waals surface area contributed by atoms with Crippen LogP contribution in [0.3, 0.4) is 0 Å². The fourth-order valence-electron chi connectivity index (χ4n) is 1.16. The number of nitrogens with zero attached hydrogens (tertiary/aromatic N) is 2. The summed E-state index contributed by atoms with van der Waals surface area (Å²) < 4.78 is 14.9. The zero-order chi connectivity index (χ0) is 12.3. The minimum atomic E-state index is -0.552. The van der Waals surface area contributed by atoms with E-state index in [0.29, 0.717) is 38.7 Å². The zero-order valence-corrected chi connectivity index (χ0v) is 9.96. The third kappa shape index (κ3) is 7.01. The Kier molecular flexibility index (Phi) is 7.48. The van der Waals surface area contributed by atoms with Crippen LogP contribution in [0.1, 0.15) is 12.7 Å². The van der Waals surface area contributed by atoms with Gasteiger partial charge < -0.3 is 24.4 Å². The van der Waals surface area contributed by atoms with Gasteiger partial charge in [0, 0.05) is 13.2 Å². The summed E-state index contributed by atoms with van der Waals surface area (Å²) in [6.07, 6.45) is 0.716. The highest BCUT2D eigenvalue weighted by atomic mass is 16.5. The van der Waals surface area contributed by atoms with Crippen molar-refractivity contribution in [1.82, 2.24) is 15.5 Å². The van der Waals surface area contributed by atoms with Gasteiger partial charge in [0.2, 0.25) is 6.39 Å². The van der Waals surface area contributed by atoms with Crippen LogP contribution < -0.4 is 5.32 Å². The highest BCUT2D eigenvalue weighted by Crippen LogP contribution is 1.89. The molecule has 0 aliphatic heterocycles. The van der Waals surface area contributed by atoms with Gasteiger partial charge in [0.1, 0.15) is 0 Å². The van der Waals surface area contributed by atoms with Crippen LogP contribution in [0.5, 0.6) is 0 Å². The van der Waals surface area contributed by atoms with Crippen molar-refractivity contribution in [3.8, 4) is 0 Å². The van der Waals surface area contributed by atoms with Gasteiger partial charge in [-0.3, -0.25) is 0 Å². The summed E-state index contributed by atoms with van der Waals surface area (Å²) in [7, 11) is 0. The monoisotopic (exact) mass is 245 g/mol. The second-order valence-electron chi connectivity index (χ2n) is 3.40. The van der Waals surface area contributed by atoms with Crippen LogP contribution in [-0.4, -0.2) is 54.3 Å². The number of ether oxygens (including phenoxy) is 2. The van der Waals surface area contributed by atoms with Crippen molar-refractivity contribution in [2.75, 3.05) is 33.0 Å². The largest absolute Gasteiger partial charge is 0.389 e. The van der Waals surface area contributed by atoms with Crippen LogP contribution in [0.2, 0.25) is 0 Å². The van der Waals surface area contributed by atoms with Crippen molar-refractivity contribution in [3.05, 3.63) is 12.2 Å². The minimum Gasteiger partial charge on any atom is -0.389 e. The van der Waals surface area contributed by atoms with Crippen LogP contribution in [0.15, 0.2) is 10.9 Å². The molecule has 0 aliphatic rings. The quantitative estimate of drug-likeness (QED) is 0.541. The van der Waals surface area contributed by atoms with Gasteiger partial charge in [0.25, 0.3) is 0 Å². The highest BCUT2D eigenvalue weighted by Gasteiger charge is 2.04. The lowest BCUT2D eigenvalue weighted by atomic mass is 10.4. The molecule has 1 unspecified atom stereocenters. The van der Waals surface area contributed by atoms with E-state index in [4.69, 9.17) is 9.47 Å². The summed E-state index contributed by atoms with van der Waals surface area (Å²) in [5.41, 5.74) is 0. The van der Waals surface area contributed by atoms with Crippen molar-refractivity contribution in [2.24, 2.45) is 0 Å². The van der Waals surface area contributed by atoms with Crippen LogP contribution >= 0.6 is 0 Å². The van der Waals surface area contributed by atoms with Gasteiger partial charge >= 0.3 is 0 Å². The van der Waals surface area contributed by atoms with E-state index in [0.717, 1.165) is 0 Å². The normalized spacial score (nSPS) is 12.8. The number of rotatable bonds is 10. The molecule has 1 rings (SSSR count). The molecule has 0 spiro atoms. The first-order valence-electron chi connectivity index (χ1n) is 5.62. The van der Waals surface area contributed by atoms with E-state index >= 15 is 0 Å². The molecule has 7 heteroatoms. The smallest absolute Gasteiger partial charge is 0.213 e. The van der Waals surface area contributed by atoms with Crippen molar-refractivity contribution in [3.63, 3.8) is 0 Å². The second kappa shape index (κ2) is 9.06. The van der Waals surface area contributed by atoms with Gasteiger partial charge in [0.15, 0.2) is 5.82 Å². The van der Waals surface area contributed by atoms with Gasteiger partial charge in [-0.15, -0.1) is 0 Å². The SMILES string of the molecule is CCOCCOCC(O)CNCc1ncon1. The molecule has 0 bridgehead atoms. The van der Waals surface area contributed by atoms with Crippen molar-refractivity contribution >= 4 is 0 Å². The van der Waals surface area contributed by atoms with Crippen LogP contribution in [0, 0.1) is 0 Å². The molecule has 7 nitrogen and oxygen atoms in total. The fraction of sp³-hybridized carbons (Fsp3) is 0.800. The third-order valence-electron chi connectivity index (χ3n) is 1.96. The minimum absolute atomic E-state index is 0.284. The van der Waals surface area contributed by atoms with Crippen molar-refractivity contribution in [1.29, 1.82) is 0 Å². The fourth-order valence-corrected chi connectivity index (χ4v) is 1.16. The molecular formula is C10H19N3O4. The Hall–Kier alpha value is -1.02. The molecular weight excluding hydrogens is 226 g/mol. The summed E-state index contributed by atoms with van der Waals surface area (Å²) >= 11 is 0. The van der Waals surface area contributed by atoms with E-state index in [1.54, 1.807) is 0 Å². The van der Waals surface area contributed by atoms with Crippen LogP contribution in [0.4, 0.5) is 0 Å². The van der Waals surface area contributed by atoms with Crippen LogP contribution in [-0.2, 0) is 16.0 Å². The zero-order valence-electron chi connectivity index (χ0n) is 9.96. The van der Waals surface area contributed by atoms with Crippen molar-refractivity contribution < 1.29 is 19.1 Å². The van der Waals surface area contributed by atoms with Crippen molar-refractivity contribution in [2.45, 2.75) is 19.6 Å². The van der Waals surface area contributed by atoms with E-state index < -0.39 is 6.10 Å². The number of hydrogen-bond acceptors (Lipinski definition) is 7. The Balaban J connectivity index is 1.92. The Morgan fingerprint density at radius 1 is 1.47 bits per heavy atom. The molecule has 1 aromatic rings. The summed E-state index contributed by atoms with van der Waals surface area (Å²) in [5.74, 6) is 0.564. The Morgan fingerprint density at radius 3 is 3.00 bits per heavy atom. The second-order valence-corrected chi connectivity index (χ2v) is 3.40. The van der Waals surface area contributed by atoms with Gasteiger partial charge in [-0.05, 0) is 6.92 Å². The maximum absolute atomic E-state index is 9.54. The third-order valence-corrected chi connectivity index (χ3v) is 1.96. The maximum Gasteiger partial charge on any atom is 0.213 e. The van der Waals surface area contributed by atoms with Crippen LogP contribution in [0.25, 0.3) is 0 Å². The molecule has 2 N–H and O–H groups in total. The number of aliphatic hydroxyl groups is 1. The predicted octanol–water partition coefficient (Wildman–Crippen LogP) is -0.427. The summed E-state index contributed by atoms with van der Waals surface area (Å²) in [4.78, 5) is 3.84. The molecule has 1 atom stereocenters. The van der Waals surface area contributed by atoms with E-state index in [-0.39, 0.29) is 6.61 Å². The lowest BCUT2D eigenvalue weighted by Crippen LogP contribution is -2.30. The lowest BCUT2D eigenvalue weighted by Gasteiger charge is -2.11. The topological polar surface area (TPSA) is 89.6 Å². The van der Waals surface area contributed by atoms with Gasteiger partial charge in [0.05, 0.1) is 32.5 Å². The number of aromatic nitrogens is 2.